The van der Waals surface area contributed by atoms with Crippen LogP contribution < -0.4 is 10.2 Å². The first-order valence-electron chi connectivity index (χ1n) is 23.9. The number of aliphatic hydroxyl groups is 1. The van der Waals surface area contributed by atoms with E-state index < -0.39 is 26.6 Å². The molecule has 0 aromatic carbocycles. The molecule has 3 unspecified atom stereocenters. The molecule has 1 amide bonds. The largest absolute Gasteiger partial charge is 0.756 e. The maximum Gasteiger partial charge on any atom is 0.268 e. The van der Waals surface area contributed by atoms with Gasteiger partial charge in [0.25, 0.3) is 7.82 Å². The summed E-state index contributed by atoms with van der Waals surface area (Å²) in [5.74, 6) is -0.239. The van der Waals surface area contributed by atoms with Gasteiger partial charge >= 0.3 is 0 Å². The highest BCUT2D eigenvalue weighted by Gasteiger charge is 2.23. The van der Waals surface area contributed by atoms with Crippen molar-refractivity contribution in [2.75, 3.05) is 40.9 Å². The Bertz CT molecular complexity index is 1410. The average Bonchev–Trinajstić information content (AvgIpc) is 3.23. The first kappa shape index (κ1) is 58.9. The number of quaternary nitrogens is 1. The number of unbranched alkanes of at least 4 members (excludes halogenated alkanes) is 10. The van der Waals surface area contributed by atoms with Crippen molar-refractivity contribution in [3.05, 3.63) is 122 Å². The summed E-state index contributed by atoms with van der Waals surface area (Å²) >= 11 is 0. The third kappa shape index (κ3) is 44.9. The van der Waals surface area contributed by atoms with Crippen molar-refractivity contribution in [3.63, 3.8) is 0 Å². The van der Waals surface area contributed by atoms with Crippen molar-refractivity contribution >= 4 is 13.7 Å². The van der Waals surface area contributed by atoms with E-state index in [0.29, 0.717) is 17.4 Å². The summed E-state index contributed by atoms with van der Waals surface area (Å²) in [4.78, 5) is 25.3. The van der Waals surface area contributed by atoms with Crippen molar-refractivity contribution in [2.24, 2.45) is 0 Å². The predicted molar refractivity (Wildman–Crippen MR) is 265 cm³/mol. The van der Waals surface area contributed by atoms with Gasteiger partial charge in [0.2, 0.25) is 5.91 Å². The molecule has 0 aliphatic heterocycles. The van der Waals surface area contributed by atoms with E-state index in [2.05, 4.69) is 129 Å². The minimum Gasteiger partial charge on any atom is -0.756 e. The molecule has 3 atom stereocenters. The van der Waals surface area contributed by atoms with Gasteiger partial charge in [-0.3, -0.25) is 9.36 Å². The molecule has 0 saturated carbocycles. The van der Waals surface area contributed by atoms with E-state index in [-0.39, 0.29) is 12.5 Å². The number of hydrogen-bond donors (Lipinski definition) is 2. The number of nitrogens with zero attached hydrogens (tertiary/aromatic N) is 1. The molecule has 0 saturated heterocycles. The number of rotatable bonds is 41. The Hall–Kier alpha value is -3.10. The predicted octanol–water partition coefficient (Wildman–Crippen LogP) is 13.2. The topological polar surface area (TPSA) is 108 Å². The van der Waals surface area contributed by atoms with Crippen molar-refractivity contribution in [1.82, 2.24) is 5.32 Å². The lowest BCUT2D eigenvalue weighted by Gasteiger charge is -2.29. The Labute approximate surface area is 380 Å². The van der Waals surface area contributed by atoms with E-state index in [0.717, 1.165) is 116 Å². The molecule has 0 radical (unpaired) electrons. The van der Waals surface area contributed by atoms with E-state index >= 15 is 0 Å². The third-order valence-corrected chi connectivity index (χ3v) is 10.6. The number of carbonyl (C=O) groups is 1. The SMILES string of the molecule is CC/C=C\C/C=C\C/C=C\C/C=C\C/C=C\C/C=C\C/C=C\CCCCCCCC(=O)NC(COP(=O)([O-])OCC[N+](C)(C)C)C(O)/C=C/CC/C=C/CC/C=C/CCCCC. The second kappa shape index (κ2) is 43.2. The number of phosphoric acid groups is 1. The minimum absolute atomic E-state index is 0.0207. The van der Waals surface area contributed by atoms with E-state index in [1.54, 1.807) is 6.08 Å². The summed E-state index contributed by atoms with van der Waals surface area (Å²) in [5, 5.41) is 13.7. The average molecular weight is 881 g/mol. The molecule has 0 aliphatic rings. The van der Waals surface area contributed by atoms with E-state index in [9.17, 15) is 19.4 Å². The summed E-state index contributed by atoms with van der Waals surface area (Å²) in [7, 11) is 1.19. The van der Waals surface area contributed by atoms with Crippen LogP contribution in [0, 0.1) is 0 Å². The van der Waals surface area contributed by atoms with Crippen LogP contribution in [0.3, 0.4) is 0 Å². The van der Waals surface area contributed by atoms with Crippen LogP contribution in [0.4, 0.5) is 0 Å². The van der Waals surface area contributed by atoms with Crippen molar-refractivity contribution < 1.29 is 32.9 Å². The lowest BCUT2D eigenvalue weighted by molar-refractivity contribution is -0.870. The molecule has 0 fully saturated rings. The highest BCUT2D eigenvalue weighted by Crippen LogP contribution is 2.38. The van der Waals surface area contributed by atoms with Gasteiger partial charge < -0.3 is 28.8 Å². The van der Waals surface area contributed by atoms with Gasteiger partial charge in [-0.05, 0) is 103 Å². The van der Waals surface area contributed by atoms with Crippen LogP contribution in [-0.2, 0) is 18.4 Å². The summed E-state index contributed by atoms with van der Waals surface area (Å²) in [6.07, 6.45) is 64.0. The number of phosphoric ester groups is 1. The molecular formula is C53H89N2O6P. The molecule has 0 spiro atoms. The first-order chi connectivity index (χ1) is 30.0. The van der Waals surface area contributed by atoms with Gasteiger partial charge in [-0.1, -0.05) is 167 Å². The maximum absolute atomic E-state index is 12.9. The van der Waals surface area contributed by atoms with Crippen LogP contribution in [0.1, 0.15) is 155 Å². The van der Waals surface area contributed by atoms with Gasteiger partial charge in [-0.2, -0.15) is 0 Å². The molecule has 2 N–H and O–H groups in total. The fourth-order valence-electron chi connectivity index (χ4n) is 5.87. The van der Waals surface area contributed by atoms with Crippen LogP contribution >= 0.6 is 7.82 Å². The Kier molecular flexibility index (Phi) is 41.0. The van der Waals surface area contributed by atoms with Crippen molar-refractivity contribution in [3.8, 4) is 0 Å². The third-order valence-electron chi connectivity index (χ3n) is 9.63. The smallest absolute Gasteiger partial charge is 0.268 e. The number of likely N-dealkylation sites (N-methyl/N-ethyl adjacent to an activating group) is 1. The maximum atomic E-state index is 12.9. The molecule has 0 rings (SSSR count). The zero-order valence-electron chi connectivity index (χ0n) is 39.8. The van der Waals surface area contributed by atoms with Gasteiger partial charge in [-0.25, -0.2) is 0 Å². The van der Waals surface area contributed by atoms with Crippen LogP contribution in [0.5, 0.6) is 0 Å². The van der Waals surface area contributed by atoms with E-state index in [1.807, 2.05) is 27.2 Å². The fraction of sp³-hybridized carbons (Fsp3) is 0.604. The Morgan fingerprint density at radius 2 is 1.00 bits per heavy atom. The number of aliphatic hydroxyl groups excluding tert-OH is 1. The van der Waals surface area contributed by atoms with Crippen molar-refractivity contribution in [1.29, 1.82) is 0 Å². The summed E-state index contributed by atoms with van der Waals surface area (Å²) in [6, 6.07) is -0.928. The second-order valence-electron chi connectivity index (χ2n) is 16.7. The fourth-order valence-corrected chi connectivity index (χ4v) is 6.59. The molecule has 0 aromatic rings. The Morgan fingerprint density at radius 3 is 1.50 bits per heavy atom. The van der Waals surface area contributed by atoms with E-state index in [4.69, 9.17) is 9.05 Å². The number of carbonyl (C=O) groups excluding carboxylic acids is 1. The van der Waals surface area contributed by atoms with E-state index in [1.165, 1.54) is 19.3 Å². The van der Waals surface area contributed by atoms with Crippen LogP contribution in [-0.4, -0.2) is 68.5 Å². The highest BCUT2D eigenvalue weighted by atomic mass is 31.2. The zero-order valence-corrected chi connectivity index (χ0v) is 40.7. The molecule has 0 bridgehead atoms. The summed E-state index contributed by atoms with van der Waals surface area (Å²) in [5.41, 5.74) is 0. The first-order valence-corrected chi connectivity index (χ1v) is 25.4. The second-order valence-corrected chi connectivity index (χ2v) is 18.1. The zero-order chi connectivity index (χ0) is 45.7. The van der Waals surface area contributed by atoms with Crippen molar-refractivity contribution in [2.45, 2.75) is 167 Å². The van der Waals surface area contributed by atoms with Gasteiger partial charge in [0, 0.05) is 6.42 Å². The molecular weight excluding hydrogens is 792 g/mol. The number of amides is 1. The van der Waals surface area contributed by atoms with Crippen LogP contribution in [0.25, 0.3) is 0 Å². The minimum atomic E-state index is -4.61. The van der Waals surface area contributed by atoms with Gasteiger partial charge in [0.05, 0.1) is 39.9 Å². The number of allylic oxidation sites excluding steroid dienone is 19. The molecule has 0 aliphatic carbocycles. The standard InChI is InChI=1S/C53H89N2O6P/c1-6-8-10-12-14-16-18-20-21-22-23-24-25-26-27-28-29-30-31-32-33-35-37-39-41-43-45-47-53(57)54-51(50-61-62(58,59)60-49-48-55(3,4)5)52(56)46-44-42-40-38-36-34-19-17-15-13-11-9-7-2/h8,10,14-17,20-21,23-24,26-27,29-30,32-33,36,38,44,46,51-52,56H,6-7,9,11-13,18-19,22,25,28,31,34-35,37,39-43,45,47-50H2,1-5H3,(H-,54,57,58,59)/b10-8-,16-14-,17-15+,21-20-,24-23-,27-26-,30-29-,33-32-,38-36+,46-44+. The molecule has 9 heteroatoms. The van der Waals surface area contributed by atoms with Gasteiger partial charge in [0.15, 0.2) is 0 Å². The van der Waals surface area contributed by atoms with Crippen LogP contribution in [0.2, 0.25) is 0 Å². The van der Waals surface area contributed by atoms with Gasteiger partial charge in [-0.15, -0.1) is 0 Å². The molecule has 0 heterocycles. The van der Waals surface area contributed by atoms with Crippen LogP contribution in [0.15, 0.2) is 122 Å². The quantitative estimate of drug-likeness (QED) is 0.0274. The molecule has 62 heavy (non-hydrogen) atoms. The normalized spacial score (nSPS) is 15.3. The lowest BCUT2D eigenvalue weighted by atomic mass is 10.1. The number of nitrogens with one attached hydrogen (secondary N) is 1. The Balaban J connectivity index is 4.42. The molecule has 0 aromatic heterocycles. The number of hydrogen-bond acceptors (Lipinski definition) is 6. The Morgan fingerprint density at radius 1 is 0.581 bits per heavy atom. The summed E-state index contributed by atoms with van der Waals surface area (Å²) < 4.78 is 23.2. The molecule has 8 nitrogen and oxygen atoms in total. The summed E-state index contributed by atoms with van der Waals surface area (Å²) in [6.45, 7) is 4.42. The highest BCUT2D eigenvalue weighted by molar-refractivity contribution is 7.45. The molecule has 352 valence electrons. The monoisotopic (exact) mass is 881 g/mol. The lowest BCUT2D eigenvalue weighted by Crippen LogP contribution is -2.45. The van der Waals surface area contributed by atoms with Gasteiger partial charge in [0.1, 0.15) is 13.2 Å².